The topological polar surface area (TPSA) is 163 Å². The lowest BCUT2D eigenvalue weighted by Crippen LogP contribution is -2.23. The van der Waals surface area contributed by atoms with Crippen LogP contribution in [0.5, 0.6) is 0 Å². The minimum Gasteiger partial charge on any atom is -0.368 e. The van der Waals surface area contributed by atoms with Crippen molar-refractivity contribution in [1.82, 2.24) is 15.0 Å². The predicted molar refractivity (Wildman–Crippen MR) is 87.6 cm³/mol. The number of carbonyl (C=O) groups is 2. The van der Waals surface area contributed by atoms with E-state index in [2.05, 4.69) is 20.3 Å². The molecule has 9 nitrogen and oxygen atoms in total. The summed E-state index contributed by atoms with van der Waals surface area (Å²) in [5.74, 6) is -0.805. The zero-order chi connectivity index (χ0) is 17.0. The fourth-order valence-electron chi connectivity index (χ4n) is 1.61. The molecule has 0 aliphatic heterocycles. The van der Waals surface area contributed by atoms with Crippen molar-refractivity contribution in [2.24, 2.45) is 5.73 Å². The van der Waals surface area contributed by atoms with Gasteiger partial charge in [0.2, 0.25) is 23.7 Å². The molecule has 0 bridgehead atoms. The van der Waals surface area contributed by atoms with Gasteiger partial charge < -0.3 is 22.5 Å². The Morgan fingerprint density at radius 3 is 2.17 bits per heavy atom. The number of nitrogen functional groups attached to an aromatic ring is 2. The number of hydrogen-bond acceptors (Lipinski definition) is 8. The van der Waals surface area contributed by atoms with Gasteiger partial charge in [0.15, 0.2) is 5.16 Å². The van der Waals surface area contributed by atoms with E-state index in [1.54, 1.807) is 19.1 Å². The number of nitrogens with zero attached hydrogens (tertiary/aromatic N) is 3. The highest BCUT2D eigenvalue weighted by Gasteiger charge is 2.17. The van der Waals surface area contributed by atoms with Crippen LogP contribution in [0.25, 0.3) is 0 Å². The third kappa shape index (κ3) is 4.54. The van der Waals surface area contributed by atoms with Gasteiger partial charge in [0.25, 0.3) is 0 Å². The zero-order valence-electron chi connectivity index (χ0n) is 12.2. The molecule has 0 radical (unpaired) electrons. The van der Waals surface area contributed by atoms with Gasteiger partial charge in [-0.05, 0) is 31.2 Å². The summed E-state index contributed by atoms with van der Waals surface area (Å²) in [6, 6.07) is 6.24. The summed E-state index contributed by atoms with van der Waals surface area (Å²) in [6.45, 7) is 1.69. The van der Waals surface area contributed by atoms with Gasteiger partial charge >= 0.3 is 0 Å². The number of rotatable bonds is 5. The number of amides is 2. The van der Waals surface area contributed by atoms with Crippen LogP contribution in [0.1, 0.15) is 17.3 Å². The van der Waals surface area contributed by atoms with Crippen LogP contribution in [0.3, 0.4) is 0 Å². The fourth-order valence-corrected chi connectivity index (χ4v) is 2.39. The van der Waals surface area contributed by atoms with Crippen LogP contribution in [0, 0.1) is 0 Å². The maximum absolute atomic E-state index is 12.1. The predicted octanol–water partition coefficient (Wildman–Crippen LogP) is 0.254. The number of anilines is 3. The van der Waals surface area contributed by atoms with Crippen LogP contribution in [0.15, 0.2) is 29.4 Å². The molecule has 1 heterocycles. The van der Waals surface area contributed by atoms with Crippen LogP contribution in [0.4, 0.5) is 17.6 Å². The average Bonchev–Trinajstić information content (AvgIpc) is 2.46. The van der Waals surface area contributed by atoms with E-state index in [0.29, 0.717) is 11.3 Å². The minimum atomic E-state index is -0.531. The van der Waals surface area contributed by atoms with Gasteiger partial charge in [-0.2, -0.15) is 15.0 Å². The summed E-state index contributed by atoms with van der Waals surface area (Å²) in [5, 5.41) is 2.48. The molecule has 7 N–H and O–H groups in total. The summed E-state index contributed by atoms with van der Waals surface area (Å²) in [6.07, 6.45) is 0. The highest BCUT2D eigenvalue weighted by molar-refractivity contribution is 8.00. The molecular weight excluding hydrogens is 318 g/mol. The molecular formula is C13H15N7O2S. The first-order valence-corrected chi connectivity index (χ1v) is 7.37. The smallest absolute Gasteiger partial charge is 0.248 e. The summed E-state index contributed by atoms with van der Waals surface area (Å²) in [5.41, 5.74) is 17.0. The number of carbonyl (C=O) groups excluding carboxylic acids is 2. The summed E-state index contributed by atoms with van der Waals surface area (Å²) in [4.78, 5) is 34.6. The highest BCUT2D eigenvalue weighted by Crippen LogP contribution is 2.21. The number of primary amides is 1. The van der Waals surface area contributed by atoms with Gasteiger partial charge in [0.05, 0.1) is 5.25 Å². The molecule has 0 aliphatic rings. The molecule has 23 heavy (non-hydrogen) atoms. The molecule has 120 valence electrons. The van der Waals surface area contributed by atoms with Crippen molar-refractivity contribution in [3.63, 3.8) is 0 Å². The van der Waals surface area contributed by atoms with Crippen molar-refractivity contribution in [3.05, 3.63) is 29.8 Å². The lowest BCUT2D eigenvalue weighted by molar-refractivity contribution is -0.115. The summed E-state index contributed by atoms with van der Waals surface area (Å²) >= 11 is 1.10. The van der Waals surface area contributed by atoms with E-state index in [0.717, 1.165) is 11.8 Å². The Balaban J connectivity index is 2.00. The molecule has 0 aliphatic carbocycles. The number of aromatic nitrogens is 3. The largest absolute Gasteiger partial charge is 0.368 e. The van der Waals surface area contributed by atoms with Gasteiger partial charge in [-0.25, -0.2) is 0 Å². The van der Waals surface area contributed by atoms with Crippen LogP contribution in [-0.2, 0) is 4.79 Å². The second-order valence-electron chi connectivity index (χ2n) is 4.53. The van der Waals surface area contributed by atoms with Crippen LogP contribution >= 0.6 is 11.8 Å². The Morgan fingerprint density at radius 1 is 1.09 bits per heavy atom. The van der Waals surface area contributed by atoms with Gasteiger partial charge in [-0.3, -0.25) is 9.59 Å². The average molecular weight is 333 g/mol. The molecule has 0 spiro atoms. The van der Waals surface area contributed by atoms with E-state index < -0.39 is 11.2 Å². The summed E-state index contributed by atoms with van der Waals surface area (Å²) in [7, 11) is 0. The number of hydrogen-bond donors (Lipinski definition) is 4. The van der Waals surface area contributed by atoms with E-state index in [4.69, 9.17) is 17.2 Å². The van der Waals surface area contributed by atoms with Gasteiger partial charge in [0, 0.05) is 11.3 Å². The van der Waals surface area contributed by atoms with Crippen molar-refractivity contribution < 1.29 is 9.59 Å². The molecule has 1 aromatic carbocycles. The Morgan fingerprint density at radius 2 is 1.65 bits per heavy atom. The van der Waals surface area contributed by atoms with Crippen LogP contribution < -0.4 is 22.5 Å². The van der Waals surface area contributed by atoms with Crippen molar-refractivity contribution in [2.75, 3.05) is 16.8 Å². The highest BCUT2D eigenvalue weighted by atomic mass is 32.2. The molecule has 2 amide bonds. The third-order valence-corrected chi connectivity index (χ3v) is 3.70. The normalized spacial score (nSPS) is 11.7. The maximum Gasteiger partial charge on any atom is 0.248 e. The van der Waals surface area contributed by atoms with Crippen molar-refractivity contribution in [1.29, 1.82) is 0 Å². The van der Waals surface area contributed by atoms with Gasteiger partial charge in [-0.15, -0.1) is 0 Å². The Kier molecular flexibility index (Phi) is 4.96. The third-order valence-electron chi connectivity index (χ3n) is 2.74. The maximum atomic E-state index is 12.1. The first-order valence-electron chi connectivity index (χ1n) is 6.49. The van der Waals surface area contributed by atoms with Crippen molar-refractivity contribution in [3.8, 4) is 0 Å². The molecule has 1 aromatic heterocycles. The van der Waals surface area contributed by atoms with Crippen LogP contribution in [0.2, 0.25) is 0 Å². The molecule has 2 rings (SSSR count). The quantitative estimate of drug-likeness (QED) is 0.566. The number of nitrogens with two attached hydrogens (primary N) is 3. The first kappa shape index (κ1) is 16.5. The number of nitrogens with one attached hydrogen (secondary N) is 1. The molecule has 1 atom stereocenters. The zero-order valence-corrected chi connectivity index (χ0v) is 13.0. The van der Waals surface area contributed by atoms with Crippen molar-refractivity contribution >= 4 is 41.2 Å². The Hall–Kier alpha value is -2.88. The van der Waals surface area contributed by atoms with E-state index >= 15 is 0 Å². The molecule has 0 unspecified atom stereocenters. The number of benzene rings is 1. The van der Waals surface area contributed by atoms with Gasteiger partial charge in [0.1, 0.15) is 0 Å². The van der Waals surface area contributed by atoms with Gasteiger partial charge in [-0.1, -0.05) is 11.8 Å². The summed E-state index contributed by atoms with van der Waals surface area (Å²) < 4.78 is 0. The lowest BCUT2D eigenvalue weighted by Gasteiger charge is -2.11. The molecule has 0 saturated carbocycles. The second-order valence-corrected chi connectivity index (χ2v) is 5.83. The fraction of sp³-hybridized carbons (Fsp3) is 0.154. The first-order chi connectivity index (χ1) is 10.8. The minimum absolute atomic E-state index is 0.00495. The molecule has 0 fully saturated rings. The Bertz CT molecular complexity index is 715. The number of thioether (sulfide) groups is 1. The molecule has 10 heteroatoms. The van der Waals surface area contributed by atoms with E-state index in [1.165, 1.54) is 12.1 Å². The lowest BCUT2D eigenvalue weighted by atomic mass is 10.2. The van der Waals surface area contributed by atoms with E-state index in [9.17, 15) is 9.59 Å². The molecule has 2 aromatic rings. The monoisotopic (exact) mass is 333 g/mol. The standard InChI is InChI=1S/C13H15N7O2S/c1-6(23-13-19-11(15)18-12(16)20-13)10(22)17-8-4-2-7(3-5-8)9(14)21/h2-6H,1H3,(H2,14,21)(H,17,22)(H4,15,16,18,19,20)/t6-/m1/s1. The van der Waals surface area contributed by atoms with E-state index in [1.807, 2.05) is 0 Å². The Labute approximate surface area is 136 Å². The SMILES string of the molecule is C[C@@H](Sc1nc(N)nc(N)n1)C(=O)Nc1ccc(C(N)=O)cc1. The molecule has 0 saturated heterocycles. The van der Waals surface area contributed by atoms with Crippen molar-refractivity contribution in [2.45, 2.75) is 17.3 Å². The van der Waals surface area contributed by atoms with E-state index in [-0.39, 0.29) is 23.0 Å². The second kappa shape index (κ2) is 6.92. The van der Waals surface area contributed by atoms with Crippen LogP contribution in [-0.4, -0.2) is 32.0 Å².